The summed E-state index contributed by atoms with van der Waals surface area (Å²) in [5.41, 5.74) is 0.958. The Balaban J connectivity index is 1.97. The standard InChI is InChI=1S/C17H21N3O3/c1-4-14(13-8-6-5-7-9-13)17(22)20(3)11-16(21)18-15-10-12(2)23-19-15/h5-10,14H,4,11H2,1-3H3,(H,18,19,21). The quantitative estimate of drug-likeness (QED) is 0.889. The molecule has 6 nitrogen and oxygen atoms in total. The van der Waals surface area contributed by atoms with Gasteiger partial charge in [0.05, 0.1) is 12.5 Å². The molecule has 1 aromatic carbocycles. The van der Waals surface area contributed by atoms with Crippen molar-refractivity contribution >= 4 is 17.6 Å². The summed E-state index contributed by atoms with van der Waals surface area (Å²) in [5.74, 6) is 0.328. The summed E-state index contributed by atoms with van der Waals surface area (Å²) in [6.07, 6.45) is 0.678. The molecule has 0 radical (unpaired) electrons. The first-order valence-electron chi connectivity index (χ1n) is 7.54. The Bertz CT molecular complexity index is 667. The van der Waals surface area contributed by atoms with E-state index >= 15 is 0 Å². The number of carbonyl (C=O) groups is 2. The minimum absolute atomic E-state index is 0.0337. The van der Waals surface area contributed by atoms with Gasteiger partial charge in [0.2, 0.25) is 11.8 Å². The van der Waals surface area contributed by atoms with Gasteiger partial charge >= 0.3 is 0 Å². The number of hydrogen-bond acceptors (Lipinski definition) is 4. The van der Waals surface area contributed by atoms with Gasteiger partial charge in [-0.05, 0) is 18.9 Å². The maximum Gasteiger partial charge on any atom is 0.245 e. The maximum atomic E-state index is 12.6. The van der Waals surface area contributed by atoms with E-state index < -0.39 is 0 Å². The van der Waals surface area contributed by atoms with Crippen molar-refractivity contribution in [1.29, 1.82) is 0 Å². The molecular weight excluding hydrogens is 294 g/mol. The normalized spacial score (nSPS) is 11.8. The van der Waals surface area contributed by atoms with Crippen LogP contribution in [0.1, 0.15) is 30.6 Å². The first kappa shape index (κ1) is 16.7. The van der Waals surface area contributed by atoms with Crippen molar-refractivity contribution in [3.05, 3.63) is 47.7 Å². The van der Waals surface area contributed by atoms with Crippen LogP contribution in [0.4, 0.5) is 5.82 Å². The highest BCUT2D eigenvalue weighted by Crippen LogP contribution is 2.21. The molecule has 0 fully saturated rings. The van der Waals surface area contributed by atoms with Gasteiger partial charge in [0.25, 0.3) is 0 Å². The third-order valence-corrected chi connectivity index (χ3v) is 3.56. The molecule has 0 saturated heterocycles. The molecule has 1 heterocycles. The largest absolute Gasteiger partial charge is 0.360 e. The number of nitrogens with one attached hydrogen (secondary N) is 1. The number of nitrogens with zero attached hydrogens (tertiary/aromatic N) is 2. The highest BCUT2D eigenvalue weighted by Gasteiger charge is 2.23. The van der Waals surface area contributed by atoms with E-state index in [1.165, 1.54) is 4.90 Å². The van der Waals surface area contributed by atoms with E-state index in [1.54, 1.807) is 20.0 Å². The first-order valence-corrected chi connectivity index (χ1v) is 7.54. The molecule has 0 aliphatic carbocycles. The molecule has 0 saturated carbocycles. The summed E-state index contributed by atoms with van der Waals surface area (Å²) >= 11 is 0. The smallest absolute Gasteiger partial charge is 0.245 e. The van der Waals surface area contributed by atoms with E-state index in [9.17, 15) is 9.59 Å². The van der Waals surface area contributed by atoms with Gasteiger partial charge < -0.3 is 14.7 Å². The van der Waals surface area contributed by atoms with Crippen molar-refractivity contribution in [3.63, 3.8) is 0 Å². The number of hydrogen-bond donors (Lipinski definition) is 1. The molecule has 0 bridgehead atoms. The number of benzene rings is 1. The summed E-state index contributed by atoms with van der Waals surface area (Å²) in [4.78, 5) is 26.0. The van der Waals surface area contributed by atoms with Crippen molar-refractivity contribution in [2.24, 2.45) is 0 Å². The highest BCUT2D eigenvalue weighted by molar-refractivity contribution is 5.94. The lowest BCUT2D eigenvalue weighted by Crippen LogP contribution is -2.37. The molecule has 23 heavy (non-hydrogen) atoms. The Kier molecular flexibility index (Phi) is 5.51. The predicted molar refractivity (Wildman–Crippen MR) is 87.0 cm³/mol. The Labute approximate surface area is 135 Å². The third-order valence-electron chi connectivity index (χ3n) is 3.56. The molecule has 0 aliphatic heterocycles. The number of amides is 2. The van der Waals surface area contributed by atoms with Gasteiger partial charge in [-0.2, -0.15) is 0 Å². The van der Waals surface area contributed by atoms with Crippen LogP contribution in [0.15, 0.2) is 40.9 Å². The van der Waals surface area contributed by atoms with Crippen LogP contribution in [0.25, 0.3) is 0 Å². The van der Waals surface area contributed by atoms with Gasteiger partial charge in [-0.25, -0.2) is 0 Å². The van der Waals surface area contributed by atoms with Crippen LogP contribution in [-0.2, 0) is 9.59 Å². The minimum Gasteiger partial charge on any atom is -0.360 e. The summed E-state index contributed by atoms with van der Waals surface area (Å²) in [5, 5.41) is 6.30. The van der Waals surface area contributed by atoms with Gasteiger partial charge in [0.1, 0.15) is 5.76 Å². The number of aromatic nitrogens is 1. The van der Waals surface area contributed by atoms with Crippen LogP contribution >= 0.6 is 0 Å². The van der Waals surface area contributed by atoms with E-state index in [1.807, 2.05) is 37.3 Å². The van der Waals surface area contributed by atoms with Crippen LogP contribution in [0.2, 0.25) is 0 Å². The number of anilines is 1. The lowest BCUT2D eigenvalue weighted by molar-refractivity contribution is -0.134. The maximum absolute atomic E-state index is 12.6. The zero-order valence-corrected chi connectivity index (χ0v) is 13.6. The predicted octanol–water partition coefficient (Wildman–Crippen LogP) is 2.57. The summed E-state index contributed by atoms with van der Waals surface area (Å²) in [6, 6.07) is 11.2. The van der Waals surface area contributed by atoms with Crippen LogP contribution < -0.4 is 5.32 Å². The molecule has 1 atom stereocenters. The number of rotatable bonds is 6. The van der Waals surface area contributed by atoms with Gasteiger partial charge in [0.15, 0.2) is 5.82 Å². The Hall–Kier alpha value is -2.63. The number of aryl methyl sites for hydroxylation is 1. The molecule has 2 amide bonds. The fraction of sp³-hybridized carbons (Fsp3) is 0.353. The van der Waals surface area contributed by atoms with Crippen LogP contribution in [0.3, 0.4) is 0 Å². The highest BCUT2D eigenvalue weighted by atomic mass is 16.5. The van der Waals surface area contributed by atoms with Crippen LogP contribution in [-0.4, -0.2) is 35.5 Å². The van der Waals surface area contributed by atoms with Gasteiger partial charge in [-0.15, -0.1) is 0 Å². The Morgan fingerprint density at radius 1 is 1.30 bits per heavy atom. The van der Waals surface area contributed by atoms with Crippen molar-refractivity contribution in [2.75, 3.05) is 18.9 Å². The van der Waals surface area contributed by atoms with E-state index in [0.29, 0.717) is 18.0 Å². The van der Waals surface area contributed by atoms with Gasteiger partial charge in [-0.3, -0.25) is 9.59 Å². The Morgan fingerprint density at radius 3 is 2.57 bits per heavy atom. The van der Waals surface area contributed by atoms with Gasteiger partial charge in [0, 0.05) is 13.1 Å². The molecule has 2 rings (SSSR count). The van der Waals surface area contributed by atoms with E-state index in [-0.39, 0.29) is 24.3 Å². The van der Waals surface area contributed by atoms with E-state index in [4.69, 9.17) is 4.52 Å². The average Bonchev–Trinajstić information content (AvgIpc) is 2.93. The zero-order valence-electron chi connectivity index (χ0n) is 13.6. The van der Waals surface area contributed by atoms with E-state index in [2.05, 4.69) is 10.5 Å². The second kappa shape index (κ2) is 7.58. The van der Waals surface area contributed by atoms with Crippen molar-refractivity contribution in [1.82, 2.24) is 10.1 Å². The molecule has 0 aliphatic rings. The fourth-order valence-corrected chi connectivity index (χ4v) is 2.41. The monoisotopic (exact) mass is 315 g/mol. The summed E-state index contributed by atoms with van der Waals surface area (Å²) in [6.45, 7) is 3.67. The molecule has 122 valence electrons. The van der Waals surface area contributed by atoms with Crippen LogP contribution in [0.5, 0.6) is 0 Å². The van der Waals surface area contributed by atoms with Gasteiger partial charge in [-0.1, -0.05) is 42.4 Å². The molecule has 0 spiro atoms. The fourth-order valence-electron chi connectivity index (χ4n) is 2.41. The lowest BCUT2D eigenvalue weighted by atomic mass is 9.95. The average molecular weight is 315 g/mol. The molecular formula is C17H21N3O3. The number of carbonyl (C=O) groups excluding carboxylic acids is 2. The second-order valence-corrected chi connectivity index (χ2v) is 5.44. The van der Waals surface area contributed by atoms with Crippen LogP contribution in [0, 0.1) is 6.92 Å². The molecule has 2 aromatic rings. The summed E-state index contributed by atoms with van der Waals surface area (Å²) < 4.78 is 4.89. The molecule has 1 N–H and O–H groups in total. The van der Waals surface area contributed by atoms with Crippen molar-refractivity contribution < 1.29 is 14.1 Å². The Morgan fingerprint density at radius 2 is 2.00 bits per heavy atom. The SMILES string of the molecule is CCC(C(=O)N(C)CC(=O)Nc1cc(C)on1)c1ccccc1. The molecule has 1 aromatic heterocycles. The van der Waals surface area contributed by atoms with E-state index in [0.717, 1.165) is 5.56 Å². The zero-order chi connectivity index (χ0) is 16.8. The second-order valence-electron chi connectivity index (χ2n) is 5.44. The molecule has 6 heteroatoms. The minimum atomic E-state index is -0.308. The first-order chi connectivity index (χ1) is 11.0. The third kappa shape index (κ3) is 4.42. The number of likely N-dealkylation sites (N-methyl/N-ethyl adjacent to an activating group) is 1. The topological polar surface area (TPSA) is 75.4 Å². The molecule has 1 unspecified atom stereocenters. The van der Waals surface area contributed by atoms with Crippen molar-refractivity contribution in [3.8, 4) is 0 Å². The summed E-state index contributed by atoms with van der Waals surface area (Å²) in [7, 11) is 1.63. The van der Waals surface area contributed by atoms with Crippen molar-refractivity contribution in [2.45, 2.75) is 26.2 Å². The lowest BCUT2D eigenvalue weighted by Gasteiger charge is -2.22.